The Labute approximate surface area is 62.3 Å². The molecule has 0 aromatic rings. The molecule has 0 aromatic carbocycles. The topological polar surface area (TPSA) is 0 Å². The summed E-state index contributed by atoms with van der Waals surface area (Å²) in [6.07, 6.45) is 15.3. The molecular formula is C10H11. The van der Waals surface area contributed by atoms with Crippen molar-refractivity contribution in [3.05, 3.63) is 55.0 Å². The van der Waals surface area contributed by atoms with E-state index in [0.717, 1.165) is 6.42 Å². The van der Waals surface area contributed by atoms with E-state index in [0.29, 0.717) is 0 Å². The Kier molecular flexibility index (Phi) is 2.75. The van der Waals surface area contributed by atoms with Crippen LogP contribution in [0.5, 0.6) is 0 Å². The van der Waals surface area contributed by atoms with Gasteiger partial charge < -0.3 is 0 Å². The van der Waals surface area contributed by atoms with Gasteiger partial charge in [0.1, 0.15) is 0 Å². The lowest BCUT2D eigenvalue weighted by Gasteiger charge is -1.98. The fraction of sp³-hybridized carbons (Fsp3) is 0.100. The maximum atomic E-state index is 3.60. The Balaban J connectivity index is 2.55. The molecular weight excluding hydrogens is 120 g/mol. The summed E-state index contributed by atoms with van der Waals surface area (Å²) in [4.78, 5) is 0. The predicted molar refractivity (Wildman–Crippen MR) is 45.5 cm³/mol. The Morgan fingerprint density at radius 1 is 1.50 bits per heavy atom. The van der Waals surface area contributed by atoms with Crippen LogP contribution in [-0.2, 0) is 0 Å². The summed E-state index contributed by atoms with van der Waals surface area (Å²) in [7, 11) is 0. The van der Waals surface area contributed by atoms with E-state index in [9.17, 15) is 0 Å². The van der Waals surface area contributed by atoms with Crippen LogP contribution in [0.15, 0.2) is 48.6 Å². The van der Waals surface area contributed by atoms with Gasteiger partial charge in [-0.05, 0) is 18.4 Å². The third-order valence-electron chi connectivity index (χ3n) is 1.34. The molecule has 0 saturated carbocycles. The van der Waals surface area contributed by atoms with Crippen LogP contribution in [0.4, 0.5) is 0 Å². The van der Waals surface area contributed by atoms with Gasteiger partial charge in [0.2, 0.25) is 0 Å². The lowest BCUT2D eigenvalue weighted by molar-refractivity contribution is 1.24. The number of hydrogen-bond donors (Lipinski definition) is 0. The van der Waals surface area contributed by atoms with Crippen molar-refractivity contribution in [3.63, 3.8) is 0 Å². The lowest BCUT2D eigenvalue weighted by atomic mass is 10.1. The smallest absolute Gasteiger partial charge is 0.0129 e. The van der Waals surface area contributed by atoms with Crippen LogP contribution in [-0.4, -0.2) is 0 Å². The maximum absolute atomic E-state index is 3.60. The minimum Gasteiger partial charge on any atom is -0.0991 e. The Bertz CT molecular complexity index is 192. The lowest BCUT2D eigenvalue weighted by Crippen LogP contribution is -1.79. The van der Waals surface area contributed by atoms with Crippen LogP contribution in [0.25, 0.3) is 0 Å². The monoisotopic (exact) mass is 131 g/mol. The zero-order valence-electron chi connectivity index (χ0n) is 5.96. The average Bonchev–Trinajstić information content (AvgIpc) is 2.03. The minimum absolute atomic E-state index is 1.05. The summed E-state index contributed by atoms with van der Waals surface area (Å²) in [6.45, 7) is 3.60. The van der Waals surface area contributed by atoms with E-state index >= 15 is 0 Å². The maximum Gasteiger partial charge on any atom is -0.0129 e. The van der Waals surface area contributed by atoms with Gasteiger partial charge >= 0.3 is 0 Å². The van der Waals surface area contributed by atoms with Gasteiger partial charge in [-0.3, -0.25) is 0 Å². The van der Waals surface area contributed by atoms with Crippen LogP contribution >= 0.6 is 0 Å². The van der Waals surface area contributed by atoms with Crippen molar-refractivity contribution in [1.29, 1.82) is 0 Å². The molecule has 1 rings (SSSR count). The molecule has 0 heterocycles. The highest BCUT2D eigenvalue weighted by atomic mass is 14.0. The Morgan fingerprint density at radius 3 is 3.00 bits per heavy atom. The van der Waals surface area contributed by atoms with Gasteiger partial charge in [0, 0.05) is 0 Å². The second-order valence-electron chi connectivity index (χ2n) is 2.13. The molecule has 0 nitrogen and oxygen atoms in total. The molecule has 0 N–H and O–H groups in total. The minimum atomic E-state index is 1.05. The van der Waals surface area contributed by atoms with Crippen molar-refractivity contribution >= 4 is 0 Å². The van der Waals surface area contributed by atoms with Crippen LogP contribution in [0.3, 0.4) is 0 Å². The van der Waals surface area contributed by atoms with Crippen molar-refractivity contribution in [2.45, 2.75) is 6.42 Å². The van der Waals surface area contributed by atoms with E-state index < -0.39 is 0 Å². The van der Waals surface area contributed by atoms with Crippen LogP contribution in [0.2, 0.25) is 0 Å². The summed E-state index contributed by atoms with van der Waals surface area (Å²) in [5.41, 5.74) is 1.27. The summed E-state index contributed by atoms with van der Waals surface area (Å²) >= 11 is 0. The summed E-state index contributed by atoms with van der Waals surface area (Å²) in [5.74, 6) is 0. The average molecular weight is 131 g/mol. The van der Waals surface area contributed by atoms with Gasteiger partial charge in [0.15, 0.2) is 0 Å². The molecule has 1 aliphatic rings. The third-order valence-corrected chi connectivity index (χ3v) is 1.34. The first-order valence-electron chi connectivity index (χ1n) is 3.42. The quantitative estimate of drug-likeness (QED) is 0.505. The van der Waals surface area contributed by atoms with Crippen molar-refractivity contribution < 1.29 is 0 Å². The first-order chi connectivity index (χ1) is 4.93. The van der Waals surface area contributed by atoms with E-state index in [1.54, 1.807) is 6.08 Å². The van der Waals surface area contributed by atoms with Gasteiger partial charge in [-0.2, -0.15) is 0 Å². The number of hydrogen-bond acceptors (Lipinski definition) is 0. The number of allylic oxidation sites excluding steroid dienone is 7. The first kappa shape index (κ1) is 7.07. The molecule has 51 valence electrons. The second kappa shape index (κ2) is 3.89. The highest BCUT2D eigenvalue weighted by Crippen LogP contribution is 2.09. The van der Waals surface area contributed by atoms with E-state index in [1.165, 1.54) is 5.57 Å². The largest absolute Gasteiger partial charge is 0.0991 e. The molecule has 0 aliphatic heterocycles. The standard InChI is InChI=1S/C10H11/c1-2-3-7-10-8-5-4-6-9-10/h2-5,7-9H,1,6H2. The third kappa shape index (κ3) is 2.06. The van der Waals surface area contributed by atoms with E-state index in [2.05, 4.69) is 37.3 Å². The van der Waals surface area contributed by atoms with Crippen LogP contribution < -0.4 is 0 Å². The normalized spacial score (nSPS) is 17.4. The summed E-state index contributed by atoms with van der Waals surface area (Å²) in [6, 6.07) is 0. The second-order valence-corrected chi connectivity index (χ2v) is 2.13. The molecule has 0 atom stereocenters. The summed E-state index contributed by atoms with van der Waals surface area (Å²) < 4.78 is 0. The van der Waals surface area contributed by atoms with Crippen molar-refractivity contribution in [1.82, 2.24) is 0 Å². The van der Waals surface area contributed by atoms with Gasteiger partial charge in [0.25, 0.3) is 0 Å². The fourth-order valence-electron chi connectivity index (χ4n) is 0.833. The zero-order chi connectivity index (χ0) is 7.23. The molecule has 10 heavy (non-hydrogen) atoms. The SMILES string of the molecule is C=CC=CC1=CC[CH]C=C1. The van der Waals surface area contributed by atoms with Gasteiger partial charge in [-0.15, -0.1) is 0 Å². The van der Waals surface area contributed by atoms with Crippen molar-refractivity contribution in [3.8, 4) is 0 Å². The van der Waals surface area contributed by atoms with E-state index in [4.69, 9.17) is 0 Å². The highest BCUT2D eigenvalue weighted by Gasteiger charge is 1.90. The molecule has 1 radical (unpaired) electrons. The highest BCUT2D eigenvalue weighted by molar-refractivity contribution is 5.36. The molecule has 0 aromatic heterocycles. The van der Waals surface area contributed by atoms with Gasteiger partial charge in [0.05, 0.1) is 0 Å². The van der Waals surface area contributed by atoms with E-state index in [1.807, 2.05) is 6.08 Å². The first-order valence-corrected chi connectivity index (χ1v) is 3.42. The molecule has 0 heteroatoms. The molecule has 0 spiro atoms. The number of rotatable bonds is 2. The predicted octanol–water partition coefficient (Wildman–Crippen LogP) is 2.82. The van der Waals surface area contributed by atoms with Gasteiger partial charge in [-0.1, -0.05) is 43.0 Å². The van der Waals surface area contributed by atoms with Crippen LogP contribution in [0.1, 0.15) is 6.42 Å². The molecule has 0 unspecified atom stereocenters. The van der Waals surface area contributed by atoms with Gasteiger partial charge in [-0.25, -0.2) is 0 Å². The van der Waals surface area contributed by atoms with E-state index in [-0.39, 0.29) is 0 Å². The van der Waals surface area contributed by atoms with Crippen molar-refractivity contribution in [2.24, 2.45) is 0 Å². The molecule has 0 bridgehead atoms. The summed E-state index contributed by atoms with van der Waals surface area (Å²) in [5, 5.41) is 0. The molecule has 0 saturated heterocycles. The van der Waals surface area contributed by atoms with Crippen molar-refractivity contribution in [2.75, 3.05) is 0 Å². The Morgan fingerprint density at radius 2 is 2.40 bits per heavy atom. The zero-order valence-corrected chi connectivity index (χ0v) is 5.96. The Hall–Kier alpha value is -1.04. The molecule has 0 amide bonds. The van der Waals surface area contributed by atoms with Crippen LogP contribution in [0, 0.1) is 6.42 Å². The fourth-order valence-corrected chi connectivity index (χ4v) is 0.833. The molecule has 1 aliphatic carbocycles. The molecule has 0 fully saturated rings.